The highest BCUT2D eigenvalue weighted by atomic mass is 16.3. The zero-order chi connectivity index (χ0) is 16.2. The molecule has 0 unspecified atom stereocenters. The number of furan rings is 1. The van der Waals surface area contributed by atoms with Crippen molar-refractivity contribution >= 4 is 11.8 Å². The van der Waals surface area contributed by atoms with Crippen LogP contribution in [0.3, 0.4) is 0 Å². The van der Waals surface area contributed by atoms with Crippen molar-refractivity contribution in [3.8, 4) is 0 Å². The van der Waals surface area contributed by atoms with E-state index in [0.29, 0.717) is 24.4 Å². The van der Waals surface area contributed by atoms with Crippen LogP contribution in [0.25, 0.3) is 0 Å². The third kappa shape index (κ3) is 3.60. The summed E-state index contributed by atoms with van der Waals surface area (Å²) in [6.07, 6.45) is 1.51. The van der Waals surface area contributed by atoms with E-state index in [9.17, 15) is 9.59 Å². The molecule has 3 rings (SSSR count). The van der Waals surface area contributed by atoms with Gasteiger partial charge in [-0.1, -0.05) is 12.1 Å². The molecule has 1 aliphatic rings. The fourth-order valence-electron chi connectivity index (χ4n) is 2.75. The van der Waals surface area contributed by atoms with E-state index in [1.807, 2.05) is 18.2 Å². The number of carbonyl (C=O) groups excluding carboxylic acids is 2. The maximum absolute atomic E-state index is 12.2. The Morgan fingerprint density at radius 3 is 2.52 bits per heavy atom. The van der Waals surface area contributed by atoms with E-state index in [1.54, 1.807) is 23.1 Å². The predicted molar refractivity (Wildman–Crippen MR) is 84.8 cm³/mol. The van der Waals surface area contributed by atoms with E-state index in [2.05, 4.69) is 4.90 Å². The Hall–Kier alpha value is -2.60. The van der Waals surface area contributed by atoms with E-state index in [0.717, 1.165) is 25.2 Å². The molecule has 1 fully saturated rings. The number of hydrogen-bond donors (Lipinski definition) is 1. The standard InChI is InChI=1S/C17H19N3O3/c18-16(21)14-4-1-3-13(11-14)12-19-6-8-20(9-7-19)17(22)15-5-2-10-23-15/h1-5,10-11H,6-9,12H2,(H2,18,21). The third-order valence-corrected chi connectivity index (χ3v) is 4.01. The fourth-order valence-corrected chi connectivity index (χ4v) is 2.75. The smallest absolute Gasteiger partial charge is 0.289 e. The van der Waals surface area contributed by atoms with E-state index in [1.165, 1.54) is 6.26 Å². The minimum atomic E-state index is -0.416. The van der Waals surface area contributed by atoms with E-state index < -0.39 is 5.91 Å². The lowest BCUT2D eigenvalue weighted by Crippen LogP contribution is -2.48. The van der Waals surface area contributed by atoms with Crippen molar-refractivity contribution in [2.24, 2.45) is 5.73 Å². The van der Waals surface area contributed by atoms with E-state index in [-0.39, 0.29) is 5.91 Å². The fraction of sp³-hybridized carbons (Fsp3) is 0.294. The quantitative estimate of drug-likeness (QED) is 0.923. The second kappa shape index (κ2) is 6.66. The Balaban J connectivity index is 1.56. The summed E-state index contributed by atoms with van der Waals surface area (Å²) in [5.41, 5.74) is 6.88. The molecule has 1 aromatic heterocycles. The minimum absolute atomic E-state index is 0.0645. The Labute approximate surface area is 134 Å². The van der Waals surface area contributed by atoms with Crippen LogP contribution in [-0.4, -0.2) is 47.8 Å². The number of nitrogens with zero attached hydrogens (tertiary/aromatic N) is 2. The molecule has 1 saturated heterocycles. The summed E-state index contributed by atoms with van der Waals surface area (Å²) in [6, 6.07) is 10.8. The summed E-state index contributed by atoms with van der Waals surface area (Å²) in [5, 5.41) is 0. The summed E-state index contributed by atoms with van der Waals surface area (Å²) >= 11 is 0. The van der Waals surface area contributed by atoms with Crippen molar-refractivity contribution in [3.05, 3.63) is 59.5 Å². The van der Waals surface area contributed by atoms with Crippen LogP contribution < -0.4 is 5.73 Å². The summed E-state index contributed by atoms with van der Waals surface area (Å²) in [4.78, 5) is 27.5. The van der Waals surface area contributed by atoms with Crippen molar-refractivity contribution in [2.75, 3.05) is 26.2 Å². The van der Waals surface area contributed by atoms with Gasteiger partial charge in [-0.05, 0) is 29.8 Å². The summed E-state index contributed by atoms with van der Waals surface area (Å²) in [5.74, 6) is -0.0984. The normalized spacial score (nSPS) is 15.6. The Morgan fingerprint density at radius 2 is 1.87 bits per heavy atom. The number of amides is 2. The van der Waals surface area contributed by atoms with Crippen LogP contribution in [0, 0.1) is 0 Å². The van der Waals surface area contributed by atoms with Gasteiger partial charge in [-0.2, -0.15) is 0 Å². The first-order chi connectivity index (χ1) is 11.1. The van der Waals surface area contributed by atoms with Gasteiger partial charge >= 0.3 is 0 Å². The first kappa shape index (κ1) is 15.3. The van der Waals surface area contributed by atoms with Crippen LogP contribution >= 0.6 is 0 Å². The highest BCUT2D eigenvalue weighted by molar-refractivity contribution is 5.93. The molecular weight excluding hydrogens is 294 g/mol. The number of piperazine rings is 1. The van der Waals surface area contributed by atoms with E-state index >= 15 is 0 Å². The Bertz CT molecular complexity index is 689. The van der Waals surface area contributed by atoms with Gasteiger partial charge in [0.25, 0.3) is 5.91 Å². The predicted octanol–water partition coefficient (Wildman–Crippen LogP) is 1.34. The maximum Gasteiger partial charge on any atom is 0.289 e. The average Bonchev–Trinajstić information content (AvgIpc) is 3.09. The molecule has 0 radical (unpaired) electrons. The largest absolute Gasteiger partial charge is 0.459 e. The van der Waals surface area contributed by atoms with Gasteiger partial charge in [-0.3, -0.25) is 14.5 Å². The maximum atomic E-state index is 12.2. The van der Waals surface area contributed by atoms with Gasteiger partial charge in [0.2, 0.25) is 5.91 Å². The summed E-state index contributed by atoms with van der Waals surface area (Å²) in [6.45, 7) is 3.63. The molecule has 0 bridgehead atoms. The van der Waals surface area contributed by atoms with Crippen LogP contribution in [0.15, 0.2) is 47.1 Å². The molecule has 2 heterocycles. The number of nitrogens with two attached hydrogens (primary N) is 1. The molecule has 0 atom stereocenters. The molecule has 0 aliphatic carbocycles. The highest BCUT2D eigenvalue weighted by Crippen LogP contribution is 2.13. The van der Waals surface area contributed by atoms with Crippen LogP contribution in [0.2, 0.25) is 0 Å². The average molecular weight is 313 g/mol. The molecular formula is C17H19N3O3. The van der Waals surface area contributed by atoms with Gasteiger partial charge in [0.05, 0.1) is 6.26 Å². The third-order valence-electron chi connectivity index (χ3n) is 4.01. The van der Waals surface area contributed by atoms with Gasteiger partial charge < -0.3 is 15.1 Å². The lowest BCUT2D eigenvalue weighted by Gasteiger charge is -2.34. The number of rotatable bonds is 4. The first-order valence-corrected chi connectivity index (χ1v) is 7.57. The van der Waals surface area contributed by atoms with Gasteiger partial charge in [0, 0.05) is 38.3 Å². The topological polar surface area (TPSA) is 79.8 Å². The molecule has 23 heavy (non-hydrogen) atoms. The molecule has 2 amide bonds. The molecule has 1 aliphatic heterocycles. The second-order valence-corrected chi connectivity index (χ2v) is 5.61. The molecule has 120 valence electrons. The highest BCUT2D eigenvalue weighted by Gasteiger charge is 2.23. The van der Waals surface area contributed by atoms with Crippen LogP contribution in [0.1, 0.15) is 26.5 Å². The molecule has 2 aromatic rings. The molecule has 1 aromatic carbocycles. The van der Waals surface area contributed by atoms with Crippen LogP contribution in [0.4, 0.5) is 0 Å². The second-order valence-electron chi connectivity index (χ2n) is 5.61. The van der Waals surface area contributed by atoms with Crippen molar-refractivity contribution < 1.29 is 14.0 Å². The minimum Gasteiger partial charge on any atom is -0.459 e. The van der Waals surface area contributed by atoms with Crippen LogP contribution in [-0.2, 0) is 6.54 Å². The van der Waals surface area contributed by atoms with Crippen molar-refractivity contribution in [1.82, 2.24) is 9.80 Å². The van der Waals surface area contributed by atoms with Gasteiger partial charge in [-0.25, -0.2) is 0 Å². The summed E-state index contributed by atoms with van der Waals surface area (Å²) in [7, 11) is 0. The number of carbonyl (C=O) groups is 2. The van der Waals surface area contributed by atoms with Crippen LogP contribution in [0.5, 0.6) is 0 Å². The van der Waals surface area contributed by atoms with Crippen molar-refractivity contribution in [1.29, 1.82) is 0 Å². The van der Waals surface area contributed by atoms with Gasteiger partial charge in [0.15, 0.2) is 5.76 Å². The first-order valence-electron chi connectivity index (χ1n) is 7.57. The van der Waals surface area contributed by atoms with Crippen molar-refractivity contribution in [2.45, 2.75) is 6.54 Å². The molecule has 6 heteroatoms. The van der Waals surface area contributed by atoms with E-state index in [4.69, 9.17) is 10.2 Å². The zero-order valence-electron chi connectivity index (χ0n) is 12.8. The van der Waals surface area contributed by atoms with Crippen molar-refractivity contribution in [3.63, 3.8) is 0 Å². The van der Waals surface area contributed by atoms with Gasteiger partial charge in [-0.15, -0.1) is 0 Å². The lowest BCUT2D eigenvalue weighted by atomic mass is 10.1. The molecule has 0 saturated carbocycles. The Morgan fingerprint density at radius 1 is 1.09 bits per heavy atom. The molecule has 0 spiro atoms. The lowest BCUT2D eigenvalue weighted by molar-refractivity contribution is 0.0597. The van der Waals surface area contributed by atoms with Gasteiger partial charge in [0.1, 0.15) is 0 Å². The Kier molecular flexibility index (Phi) is 4.43. The monoisotopic (exact) mass is 313 g/mol. The zero-order valence-corrected chi connectivity index (χ0v) is 12.8. The molecule has 6 nitrogen and oxygen atoms in total. The number of primary amides is 1. The SMILES string of the molecule is NC(=O)c1cccc(CN2CCN(C(=O)c3ccco3)CC2)c1. The molecule has 2 N–H and O–H groups in total. The number of hydrogen-bond acceptors (Lipinski definition) is 4. The number of benzene rings is 1. The summed E-state index contributed by atoms with van der Waals surface area (Å²) < 4.78 is 5.16.